The summed E-state index contributed by atoms with van der Waals surface area (Å²) in [5.74, 6) is -2.68. The molecule has 70 valence electrons. The molecule has 0 saturated carbocycles. The van der Waals surface area contributed by atoms with Crippen molar-refractivity contribution in [1.29, 1.82) is 0 Å². The molecule has 5 nitrogen and oxygen atoms in total. The van der Waals surface area contributed by atoms with E-state index in [1.165, 1.54) is 14.0 Å². The molecule has 12 heavy (non-hydrogen) atoms. The molecule has 5 heteroatoms. The van der Waals surface area contributed by atoms with Crippen LogP contribution in [0.25, 0.3) is 0 Å². The normalized spacial score (nSPS) is 15.2. The van der Waals surface area contributed by atoms with Gasteiger partial charge >= 0.3 is 11.9 Å². The lowest BCUT2D eigenvalue weighted by Gasteiger charge is -2.16. The number of methoxy groups -OCH3 is 1. The summed E-state index contributed by atoms with van der Waals surface area (Å²) in [7, 11) is 1.25. The van der Waals surface area contributed by atoms with Crippen LogP contribution in [0.5, 0.6) is 0 Å². The molecule has 2 atom stereocenters. The standard InChI is InChI=1S/C7H12O5/c1-4(3-5(8)9)6(12-2)7(10)11/h4,6H,3H2,1-2H3,(H,8,9)(H,10,11). The van der Waals surface area contributed by atoms with Crippen molar-refractivity contribution < 1.29 is 24.5 Å². The Morgan fingerprint density at radius 3 is 2.17 bits per heavy atom. The van der Waals surface area contributed by atoms with Gasteiger partial charge in [0.2, 0.25) is 0 Å². The van der Waals surface area contributed by atoms with E-state index < -0.39 is 24.0 Å². The van der Waals surface area contributed by atoms with Gasteiger partial charge in [0.1, 0.15) is 0 Å². The SMILES string of the molecule is COC(C(=O)O)C(C)CC(=O)O. The number of carbonyl (C=O) groups is 2. The van der Waals surface area contributed by atoms with E-state index in [9.17, 15) is 9.59 Å². The Kier molecular flexibility index (Phi) is 4.28. The molecule has 0 aromatic heterocycles. The monoisotopic (exact) mass is 176 g/mol. The largest absolute Gasteiger partial charge is 0.481 e. The average molecular weight is 176 g/mol. The Balaban J connectivity index is 4.11. The summed E-state index contributed by atoms with van der Waals surface area (Å²) < 4.78 is 4.61. The predicted molar refractivity (Wildman–Crippen MR) is 39.8 cm³/mol. The molecule has 0 fully saturated rings. The van der Waals surface area contributed by atoms with Gasteiger partial charge in [-0.3, -0.25) is 4.79 Å². The van der Waals surface area contributed by atoms with Crippen LogP contribution in [0.2, 0.25) is 0 Å². The van der Waals surface area contributed by atoms with Gasteiger partial charge in [-0.1, -0.05) is 6.92 Å². The minimum absolute atomic E-state index is 0.204. The summed E-state index contributed by atoms with van der Waals surface area (Å²) >= 11 is 0. The van der Waals surface area contributed by atoms with Crippen molar-refractivity contribution in [1.82, 2.24) is 0 Å². The van der Waals surface area contributed by atoms with E-state index >= 15 is 0 Å². The molecule has 0 amide bonds. The lowest BCUT2D eigenvalue weighted by molar-refractivity contribution is -0.153. The van der Waals surface area contributed by atoms with Crippen LogP contribution >= 0.6 is 0 Å². The third kappa shape index (κ3) is 3.34. The zero-order chi connectivity index (χ0) is 9.72. The van der Waals surface area contributed by atoms with Crippen molar-refractivity contribution in [2.24, 2.45) is 5.92 Å². The Bertz CT molecular complexity index is 177. The maximum atomic E-state index is 10.4. The fraction of sp³-hybridized carbons (Fsp3) is 0.714. The number of carboxylic acids is 2. The highest BCUT2D eigenvalue weighted by Gasteiger charge is 2.25. The molecule has 0 spiro atoms. The van der Waals surface area contributed by atoms with E-state index in [1.807, 2.05) is 0 Å². The van der Waals surface area contributed by atoms with E-state index in [2.05, 4.69) is 4.74 Å². The fourth-order valence-electron chi connectivity index (χ4n) is 0.959. The number of hydrogen-bond donors (Lipinski definition) is 2. The molecule has 0 heterocycles. The van der Waals surface area contributed by atoms with E-state index in [1.54, 1.807) is 0 Å². The molecule has 0 aromatic carbocycles. The van der Waals surface area contributed by atoms with Gasteiger partial charge in [-0.2, -0.15) is 0 Å². The zero-order valence-corrected chi connectivity index (χ0v) is 6.98. The van der Waals surface area contributed by atoms with Crippen LogP contribution in [0.3, 0.4) is 0 Å². The van der Waals surface area contributed by atoms with E-state index in [4.69, 9.17) is 10.2 Å². The molecular formula is C7H12O5. The van der Waals surface area contributed by atoms with Gasteiger partial charge in [0.25, 0.3) is 0 Å². The van der Waals surface area contributed by atoms with Crippen molar-refractivity contribution in [2.45, 2.75) is 19.4 Å². The molecule has 0 saturated heterocycles. The second kappa shape index (κ2) is 4.71. The van der Waals surface area contributed by atoms with Crippen LogP contribution in [-0.2, 0) is 14.3 Å². The van der Waals surface area contributed by atoms with Gasteiger partial charge in [-0.25, -0.2) is 4.79 Å². The Labute approximate surface area is 70.0 Å². The quantitative estimate of drug-likeness (QED) is 0.625. The lowest BCUT2D eigenvalue weighted by atomic mass is 10.0. The smallest absolute Gasteiger partial charge is 0.333 e. The Hall–Kier alpha value is -1.10. The minimum Gasteiger partial charge on any atom is -0.481 e. The molecule has 0 aliphatic heterocycles. The molecule has 0 aromatic rings. The second-order valence-electron chi connectivity index (χ2n) is 2.57. The summed E-state index contributed by atoms with van der Waals surface area (Å²) in [5.41, 5.74) is 0. The van der Waals surface area contributed by atoms with Crippen molar-refractivity contribution in [3.8, 4) is 0 Å². The topological polar surface area (TPSA) is 83.8 Å². The van der Waals surface area contributed by atoms with Gasteiger partial charge in [0.05, 0.1) is 6.42 Å². The first-order valence-corrected chi connectivity index (χ1v) is 3.46. The summed E-state index contributed by atoms with van der Waals surface area (Å²) in [6, 6.07) is 0. The van der Waals surface area contributed by atoms with Gasteiger partial charge in [-0.15, -0.1) is 0 Å². The summed E-state index contributed by atoms with van der Waals surface area (Å²) in [6.07, 6.45) is -1.24. The first kappa shape index (κ1) is 10.9. The highest BCUT2D eigenvalue weighted by atomic mass is 16.5. The van der Waals surface area contributed by atoms with E-state index in [0.29, 0.717) is 0 Å². The van der Waals surface area contributed by atoms with Gasteiger partial charge < -0.3 is 14.9 Å². The predicted octanol–water partition coefficient (Wildman–Crippen LogP) is 0.197. The second-order valence-corrected chi connectivity index (χ2v) is 2.57. The van der Waals surface area contributed by atoms with Crippen LogP contribution in [0.15, 0.2) is 0 Å². The van der Waals surface area contributed by atoms with Crippen LogP contribution in [0.1, 0.15) is 13.3 Å². The van der Waals surface area contributed by atoms with Crippen LogP contribution < -0.4 is 0 Å². The number of rotatable bonds is 5. The molecule has 0 aliphatic rings. The maximum absolute atomic E-state index is 10.4. The van der Waals surface area contributed by atoms with E-state index in [-0.39, 0.29) is 6.42 Å². The molecule has 2 unspecified atom stereocenters. The first-order chi connectivity index (χ1) is 5.49. The van der Waals surface area contributed by atoms with Crippen LogP contribution in [-0.4, -0.2) is 35.4 Å². The molecule has 0 aliphatic carbocycles. The summed E-state index contributed by atoms with van der Waals surface area (Å²) in [5, 5.41) is 16.9. The van der Waals surface area contributed by atoms with Crippen LogP contribution in [0, 0.1) is 5.92 Å². The van der Waals surface area contributed by atoms with Crippen molar-refractivity contribution in [3.05, 3.63) is 0 Å². The van der Waals surface area contributed by atoms with Gasteiger partial charge in [0.15, 0.2) is 6.10 Å². The van der Waals surface area contributed by atoms with Crippen molar-refractivity contribution in [2.75, 3.05) is 7.11 Å². The molecule has 2 N–H and O–H groups in total. The zero-order valence-electron chi connectivity index (χ0n) is 6.98. The lowest BCUT2D eigenvalue weighted by Crippen LogP contribution is -2.31. The number of hydrogen-bond acceptors (Lipinski definition) is 3. The summed E-state index contributed by atoms with van der Waals surface area (Å²) in [4.78, 5) is 20.6. The Morgan fingerprint density at radius 1 is 1.42 bits per heavy atom. The molecule has 0 rings (SSSR count). The fourth-order valence-corrected chi connectivity index (χ4v) is 0.959. The number of aliphatic carboxylic acids is 2. The molecule has 0 radical (unpaired) electrons. The first-order valence-electron chi connectivity index (χ1n) is 3.46. The molecular weight excluding hydrogens is 164 g/mol. The minimum atomic E-state index is -1.13. The number of ether oxygens (including phenoxy) is 1. The maximum Gasteiger partial charge on any atom is 0.333 e. The molecule has 0 bridgehead atoms. The third-order valence-corrected chi connectivity index (χ3v) is 1.51. The van der Waals surface area contributed by atoms with Crippen LogP contribution in [0.4, 0.5) is 0 Å². The Morgan fingerprint density at radius 2 is 1.92 bits per heavy atom. The van der Waals surface area contributed by atoms with Crippen molar-refractivity contribution >= 4 is 11.9 Å². The average Bonchev–Trinajstić information content (AvgIpc) is 1.85. The summed E-state index contributed by atoms with van der Waals surface area (Å²) in [6.45, 7) is 1.52. The van der Waals surface area contributed by atoms with E-state index in [0.717, 1.165) is 0 Å². The highest BCUT2D eigenvalue weighted by molar-refractivity contribution is 5.74. The number of carboxylic acid groups (broad SMARTS) is 2. The van der Waals surface area contributed by atoms with Gasteiger partial charge in [-0.05, 0) is 0 Å². The van der Waals surface area contributed by atoms with Gasteiger partial charge in [0, 0.05) is 13.0 Å². The third-order valence-electron chi connectivity index (χ3n) is 1.51. The highest BCUT2D eigenvalue weighted by Crippen LogP contribution is 2.11. The van der Waals surface area contributed by atoms with Crippen molar-refractivity contribution in [3.63, 3.8) is 0 Å².